The van der Waals surface area contributed by atoms with Gasteiger partial charge in [0, 0.05) is 12.2 Å². The van der Waals surface area contributed by atoms with Crippen LogP contribution in [0.25, 0.3) is 0 Å². The van der Waals surface area contributed by atoms with Gasteiger partial charge in [0.15, 0.2) is 0 Å². The number of anilines is 1. The molecule has 3 heteroatoms. The molecule has 1 fully saturated rings. The van der Waals surface area contributed by atoms with Gasteiger partial charge in [-0.25, -0.2) is 4.39 Å². The minimum Gasteiger partial charge on any atom is -0.399 e. The first kappa shape index (κ1) is 13.3. The smallest absolute Gasteiger partial charge is 0.125 e. The number of nitrogens with two attached hydrogens (primary N) is 1. The van der Waals surface area contributed by atoms with E-state index in [2.05, 4.69) is 11.8 Å². The zero-order chi connectivity index (χ0) is 13.0. The van der Waals surface area contributed by atoms with Crippen molar-refractivity contribution in [3.63, 3.8) is 0 Å². The van der Waals surface area contributed by atoms with Crippen molar-refractivity contribution >= 4 is 5.69 Å². The zero-order valence-corrected chi connectivity index (χ0v) is 11.2. The normalized spacial score (nSPS) is 18.1. The largest absolute Gasteiger partial charge is 0.399 e. The third-order valence-corrected chi connectivity index (χ3v) is 3.79. The van der Waals surface area contributed by atoms with Crippen LogP contribution in [0.2, 0.25) is 0 Å². The molecule has 0 saturated carbocycles. The van der Waals surface area contributed by atoms with Crippen molar-refractivity contribution in [1.29, 1.82) is 0 Å². The molecule has 0 aliphatic carbocycles. The molecule has 0 amide bonds. The van der Waals surface area contributed by atoms with Gasteiger partial charge >= 0.3 is 0 Å². The van der Waals surface area contributed by atoms with Crippen molar-refractivity contribution in [2.45, 2.75) is 39.2 Å². The predicted molar refractivity (Wildman–Crippen MR) is 73.7 cm³/mol. The minimum absolute atomic E-state index is 0.231. The van der Waals surface area contributed by atoms with E-state index in [0.29, 0.717) is 5.69 Å². The van der Waals surface area contributed by atoms with E-state index < -0.39 is 0 Å². The monoisotopic (exact) mass is 250 g/mol. The van der Waals surface area contributed by atoms with Crippen LogP contribution in [0.1, 0.15) is 38.2 Å². The van der Waals surface area contributed by atoms with Gasteiger partial charge in [-0.15, -0.1) is 0 Å². The van der Waals surface area contributed by atoms with E-state index in [4.69, 9.17) is 5.73 Å². The van der Waals surface area contributed by atoms with E-state index in [-0.39, 0.29) is 5.82 Å². The van der Waals surface area contributed by atoms with Gasteiger partial charge in [-0.1, -0.05) is 19.8 Å². The quantitative estimate of drug-likeness (QED) is 0.830. The molecule has 1 saturated heterocycles. The van der Waals surface area contributed by atoms with Crippen LogP contribution in [0.3, 0.4) is 0 Å². The molecular weight excluding hydrogens is 227 g/mol. The van der Waals surface area contributed by atoms with Crippen molar-refractivity contribution in [1.82, 2.24) is 4.90 Å². The molecule has 100 valence electrons. The number of benzene rings is 1. The molecule has 0 spiro atoms. The van der Waals surface area contributed by atoms with Crippen LogP contribution in [0.15, 0.2) is 18.2 Å². The highest BCUT2D eigenvalue weighted by Gasteiger charge is 2.18. The van der Waals surface area contributed by atoms with Crippen LogP contribution in [-0.4, -0.2) is 18.0 Å². The zero-order valence-electron chi connectivity index (χ0n) is 11.2. The van der Waals surface area contributed by atoms with Gasteiger partial charge in [-0.05, 0) is 55.6 Å². The maximum absolute atomic E-state index is 13.2. The molecule has 0 aromatic heterocycles. The Labute approximate surface area is 109 Å². The van der Waals surface area contributed by atoms with Gasteiger partial charge in [-0.3, -0.25) is 4.90 Å². The van der Waals surface area contributed by atoms with Crippen LogP contribution in [-0.2, 0) is 6.54 Å². The number of piperidine rings is 1. The summed E-state index contributed by atoms with van der Waals surface area (Å²) in [6.07, 6.45) is 5.18. The molecule has 18 heavy (non-hydrogen) atoms. The summed E-state index contributed by atoms with van der Waals surface area (Å²) >= 11 is 0. The molecule has 1 aliphatic heterocycles. The first-order valence-corrected chi connectivity index (χ1v) is 6.94. The average Bonchev–Trinajstić information content (AvgIpc) is 2.31. The molecule has 0 radical (unpaired) electrons. The highest BCUT2D eigenvalue weighted by Crippen LogP contribution is 2.23. The molecular formula is C15H23FN2. The summed E-state index contributed by atoms with van der Waals surface area (Å²) in [6.45, 7) is 5.32. The van der Waals surface area contributed by atoms with Gasteiger partial charge in [0.05, 0.1) is 0 Å². The second-order valence-electron chi connectivity index (χ2n) is 5.40. The molecule has 1 aliphatic rings. The van der Waals surface area contributed by atoms with Gasteiger partial charge in [0.1, 0.15) is 5.82 Å². The van der Waals surface area contributed by atoms with E-state index in [1.165, 1.54) is 31.7 Å². The molecule has 2 N–H and O–H groups in total. The lowest BCUT2D eigenvalue weighted by molar-refractivity contribution is 0.171. The van der Waals surface area contributed by atoms with Gasteiger partial charge in [-0.2, -0.15) is 0 Å². The predicted octanol–water partition coefficient (Wildman–Crippen LogP) is 3.42. The maximum Gasteiger partial charge on any atom is 0.125 e. The lowest BCUT2D eigenvalue weighted by Gasteiger charge is -2.31. The summed E-state index contributed by atoms with van der Waals surface area (Å²) in [5, 5.41) is 0. The summed E-state index contributed by atoms with van der Waals surface area (Å²) < 4.78 is 13.2. The van der Waals surface area contributed by atoms with E-state index >= 15 is 0 Å². The summed E-state index contributed by atoms with van der Waals surface area (Å²) in [7, 11) is 0. The molecule has 0 unspecified atom stereocenters. The van der Waals surface area contributed by atoms with Crippen molar-refractivity contribution in [2.24, 2.45) is 5.92 Å². The van der Waals surface area contributed by atoms with Crippen LogP contribution in [0.4, 0.5) is 10.1 Å². The molecule has 1 aromatic rings. The fourth-order valence-corrected chi connectivity index (χ4v) is 2.87. The molecule has 0 atom stereocenters. The topological polar surface area (TPSA) is 29.3 Å². The maximum atomic E-state index is 13.2. The Morgan fingerprint density at radius 2 is 2.00 bits per heavy atom. The van der Waals surface area contributed by atoms with Crippen molar-refractivity contribution in [3.05, 3.63) is 29.6 Å². The van der Waals surface area contributed by atoms with Crippen LogP contribution >= 0.6 is 0 Å². The number of hydrogen-bond donors (Lipinski definition) is 1. The minimum atomic E-state index is -0.231. The summed E-state index contributed by atoms with van der Waals surface area (Å²) in [6, 6.07) is 4.84. The third kappa shape index (κ3) is 3.70. The summed E-state index contributed by atoms with van der Waals surface area (Å²) in [5.74, 6) is 0.662. The second kappa shape index (κ2) is 6.19. The van der Waals surface area contributed by atoms with E-state index in [1.807, 2.05) is 6.07 Å². The van der Waals surface area contributed by atoms with E-state index in [9.17, 15) is 4.39 Å². The number of halogens is 1. The summed E-state index contributed by atoms with van der Waals surface area (Å²) in [5.41, 5.74) is 7.17. The molecule has 0 bridgehead atoms. The van der Waals surface area contributed by atoms with Crippen molar-refractivity contribution < 1.29 is 4.39 Å². The Morgan fingerprint density at radius 3 is 2.61 bits per heavy atom. The number of rotatable bonds is 4. The standard InChI is InChI=1S/C15H23FN2/c1-2-3-12-4-6-18(7-5-12)11-13-8-14(16)10-15(17)9-13/h8-10,12H,2-7,11,17H2,1H3. The Morgan fingerprint density at radius 1 is 1.28 bits per heavy atom. The van der Waals surface area contributed by atoms with Crippen molar-refractivity contribution in [2.75, 3.05) is 18.8 Å². The first-order chi connectivity index (χ1) is 8.67. The molecule has 1 heterocycles. The fourth-order valence-electron chi connectivity index (χ4n) is 2.87. The molecule has 2 rings (SSSR count). The highest BCUT2D eigenvalue weighted by molar-refractivity contribution is 5.41. The van der Waals surface area contributed by atoms with Crippen molar-refractivity contribution in [3.8, 4) is 0 Å². The second-order valence-corrected chi connectivity index (χ2v) is 5.40. The van der Waals surface area contributed by atoms with Crippen LogP contribution < -0.4 is 5.73 Å². The van der Waals surface area contributed by atoms with E-state index in [0.717, 1.165) is 31.1 Å². The first-order valence-electron chi connectivity index (χ1n) is 6.94. The van der Waals surface area contributed by atoms with Gasteiger partial charge in [0.2, 0.25) is 0 Å². The Bertz CT molecular complexity index is 364. The number of nitrogens with zero attached hydrogens (tertiary/aromatic N) is 1. The Kier molecular flexibility index (Phi) is 4.59. The molecule has 2 nitrogen and oxygen atoms in total. The lowest BCUT2D eigenvalue weighted by atomic mass is 9.92. The SMILES string of the molecule is CCCC1CCN(Cc2cc(N)cc(F)c2)CC1. The number of hydrogen-bond acceptors (Lipinski definition) is 2. The Balaban J connectivity index is 1.87. The lowest BCUT2D eigenvalue weighted by Crippen LogP contribution is -2.33. The van der Waals surface area contributed by atoms with Gasteiger partial charge in [0.25, 0.3) is 0 Å². The highest BCUT2D eigenvalue weighted by atomic mass is 19.1. The molecule has 1 aromatic carbocycles. The number of nitrogen functional groups attached to an aromatic ring is 1. The Hall–Kier alpha value is -1.09. The van der Waals surface area contributed by atoms with Gasteiger partial charge < -0.3 is 5.73 Å². The van der Waals surface area contributed by atoms with Crippen LogP contribution in [0, 0.1) is 11.7 Å². The fraction of sp³-hybridized carbons (Fsp3) is 0.600. The van der Waals surface area contributed by atoms with E-state index in [1.54, 1.807) is 6.07 Å². The summed E-state index contributed by atoms with van der Waals surface area (Å²) in [4.78, 5) is 2.40. The third-order valence-electron chi connectivity index (χ3n) is 3.79. The number of likely N-dealkylation sites (tertiary alicyclic amines) is 1. The average molecular weight is 250 g/mol. The van der Waals surface area contributed by atoms with Crippen LogP contribution in [0.5, 0.6) is 0 Å².